The average molecular weight is 580 g/mol. The van der Waals surface area contributed by atoms with Crippen molar-refractivity contribution < 1.29 is 22.7 Å². The molecule has 9 heteroatoms. The molecule has 0 radical (unpaired) electrons. The number of hydrogen-bond acceptors (Lipinski definition) is 5. The van der Waals surface area contributed by atoms with Crippen LogP contribution in [-0.2, 0) is 32.6 Å². The Morgan fingerprint density at radius 3 is 2.15 bits per heavy atom. The summed E-state index contributed by atoms with van der Waals surface area (Å²) in [7, 11) is -3.59. The lowest BCUT2D eigenvalue weighted by atomic mass is 10.0. The Kier molecular flexibility index (Phi) is 11.8. The van der Waals surface area contributed by atoms with Crippen molar-refractivity contribution in [2.75, 3.05) is 30.3 Å². The Morgan fingerprint density at radius 1 is 0.902 bits per heavy atom. The largest absolute Gasteiger partial charge is 0.494 e. The number of likely N-dealkylation sites (N-methyl/N-ethyl adjacent to an activating group) is 1. The molecule has 2 amide bonds. The summed E-state index contributed by atoms with van der Waals surface area (Å²) >= 11 is 0. The number of rotatable bonds is 15. The van der Waals surface area contributed by atoms with Gasteiger partial charge in [-0.2, -0.15) is 0 Å². The first kappa shape index (κ1) is 31.7. The Balaban J connectivity index is 1.83. The Bertz CT molecular complexity index is 1360. The third kappa shape index (κ3) is 9.63. The van der Waals surface area contributed by atoms with Crippen molar-refractivity contribution in [1.29, 1.82) is 0 Å². The minimum absolute atomic E-state index is 0.0829. The van der Waals surface area contributed by atoms with Crippen molar-refractivity contribution >= 4 is 27.5 Å². The van der Waals surface area contributed by atoms with Gasteiger partial charge in [-0.25, -0.2) is 8.42 Å². The molecule has 0 bridgehead atoms. The first-order valence-corrected chi connectivity index (χ1v) is 15.8. The van der Waals surface area contributed by atoms with Crippen LogP contribution < -0.4 is 14.4 Å². The van der Waals surface area contributed by atoms with Gasteiger partial charge < -0.3 is 15.0 Å². The second kappa shape index (κ2) is 15.2. The zero-order valence-electron chi connectivity index (χ0n) is 24.4. The van der Waals surface area contributed by atoms with Crippen LogP contribution in [0.2, 0.25) is 0 Å². The maximum absolute atomic E-state index is 13.8. The molecule has 1 unspecified atom stereocenters. The van der Waals surface area contributed by atoms with Crippen LogP contribution in [-0.4, -0.2) is 57.1 Å². The molecule has 41 heavy (non-hydrogen) atoms. The number of carbonyl (C=O) groups is 2. The highest BCUT2D eigenvalue weighted by molar-refractivity contribution is 7.92. The number of nitrogens with one attached hydrogen (secondary N) is 1. The summed E-state index contributed by atoms with van der Waals surface area (Å²) < 4.78 is 32.0. The van der Waals surface area contributed by atoms with Gasteiger partial charge in [0, 0.05) is 32.5 Å². The van der Waals surface area contributed by atoms with Crippen LogP contribution in [0.4, 0.5) is 5.69 Å². The van der Waals surface area contributed by atoms with Crippen LogP contribution in [0.5, 0.6) is 5.75 Å². The predicted molar refractivity (Wildman–Crippen MR) is 163 cm³/mol. The Labute approximate surface area is 244 Å². The van der Waals surface area contributed by atoms with E-state index in [4.69, 9.17) is 4.74 Å². The van der Waals surface area contributed by atoms with E-state index in [-0.39, 0.29) is 37.7 Å². The van der Waals surface area contributed by atoms with Crippen molar-refractivity contribution in [3.8, 4) is 5.75 Å². The number of benzene rings is 3. The Hall–Kier alpha value is -3.85. The van der Waals surface area contributed by atoms with Crippen LogP contribution in [0, 0.1) is 6.92 Å². The maximum Gasteiger partial charge on any atom is 0.243 e. The number of aryl methyl sites for hydroxylation is 1. The fraction of sp³-hybridized carbons (Fsp3) is 0.375. The van der Waals surface area contributed by atoms with Gasteiger partial charge in [0.1, 0.15) is 11.8 Å². The molecule has 3 aromatic rings. The number of anilines is 1. The number of hydrogen-bond donors (Lipinski definition) is 1. The molecule has 0 fully saturated rings. The summed E-state index contributed by atoms with van der Waals surface area (Å²) in [6, 6.07) is 23.7. The first-order valence-electron chi connectivity index (χ1n) is 14.0. The summed E-state index contributed by atoms with van der Waals surface area (Å²) in [6.45, 7) is 7.08. The normalized spacial score (nSPS) is 11.9. The molecule has 1 N–H and O–H groups in total. The number of amides is 2. The van der Waals surface area contributed by atoms with E-state index >= 15 is 0 Å². The fourth-order valence-electron chi connectivity index (χ4n) is 4.62. The van der Waals surface area contributed by atoms with Crippen LogP contribution in [0.3, 0.4) is 0 Å². The highest BCUT2D eigenvalue weighted by atomic mass is 32.2. The van der Waals surface area contributed by atoms with Gasteiger partial charge in [-0.05, 0) is 62.6 Å². The van der Waals surface area contributed by atoms with Crippen LogP contribution in [0.25, 0.3) is 0 Å². The van der Waals surface area contributed by atoms with E-state index < -0.39 is 16.1 Å². The molecule has 220 valence electrons. The summed E-state index contributed by atoms with van der Waals surface area (Å²) in [6.07, 6.45) is 1.89. The van der Waals surface area contributed by atoms with Gasteiger partial charge in [0.05, 0.1) is 18.6 Å². The lowest BCUT2D eigenvalue weighted by Gasteiger charge is -2.32. The van der Waals surface area contributed by atoms with Gasteiger partial charge >= 0.3 is 0 Å². The van der Waals surface area contributed by atoms with Crippen molar-refractivity contribution in [2.24, 2.45) is 0 Å². The van der Waals surface area contributed by atoms with E-state index in [1.165, 1.54) is 4.31 Å². The first-order chi connectivity index (χ1) is 19.6. The highest BCUT2D eigenvalue weighted by Gasteiger charge is 2.30. The molecule has 0 aromatic heterocycles. The van der Waals surface area contributed by atoms with E-state index in [0.29, 0.717) is 31.0 Å². The zero-order chi connectivity index (χ0) is 29.8. The monoisotopic (exact) mass is 579 g/mol. The molecule has 0 aliphatic rings. The maximum atomic E-state index is 13.8. The topological polar surface area (TPSA) is 96.0 Å². The summed E-state index contributed by atoms with van der Waals surface area (Å²) in [5.41, 5.74) is 3.47. The molecule has 1 atom stereocenters. The third-order valence-corrected chi connectivity index (χ3v) is 7.88. The second-order valence-electron chi connectivity index (χ2n) is 9.97. The molecular formula is C32H41N3O5S. The van der Waals surface area contributed by atoms with Gasteiger partial charge in [-0.15, -0.1) is 0 Å². The number of carbonyl (C=O) groups excluding carboxylic acids is 2. The van der Waals surface area contributed by atoms with E-state index in [9.17, 15) is 18.0 Å². The van der Waals surface area contributed by atoms with Gasteiger partial charge in [0.15, 0.2) is 0 Å². The van der Waals surface area contributed by atoms with Crippen molar-refractivity contribution in [3.05, 3.63) is 95.6 Å². The minimum Gasteiger partial charge on any atom is -0.494 e. The second-order valence-corrected chi connectivity index (χ2v) is 11.9. The lowest BCUT2D eigenvalue weighted by Crippen LogP contribution is -2.50. The van der Waals surface area contributed by atoms with Crippen LogP contribution in [0.15, 0.2) is 78.9 Å². The van der Waals surface area contributed by atoms with Gasteiger partial charge in [0.25, 0.3) is 0 Å². The number of ether oxygens (including phenoxy) is 1. The van der Waals surface area contributed by atoms with Crippen LogP contribution in [0.1, 0.15) is 43.4 Å². The summed E-state index contributed by atoms with van der Waals surface area (Å²) in [5, 5.41) is 2.89. The molecule has 3 aromatic carbocycles. The van der Waals surface area contributed by atoms with E-state index in [1.807, 2.05) is 75.4 Å². The van der Waals surface area contributed by atoms with Gasteiger partial charge in [0.2, 0.25) is 21.8 Å². The molecule has 0 aliphatic heterocycles. The molecule has 0 spiro atoms. The van der Waals surface area contributed by atoms with Crippen molar-refractivity contribution in [3.63, 3.8) is 0 Å². The number of nitrogens with zero attached hydrogens (tertiary/aromatic N) is 2. The van der Waals surface area contributed by atoms with E-state index in [1.54, 1.807) is 29.2 Å². The molecule has 0 saturated heterocycles. The smallest absolute Gasteiger partial charge is 0.243 e. The standard InChI is InChI=1S/C32H41N3O5S/c1-5-33-32(37)30(23-26-11-8-7-9-12-26)34(24-27-16-14-25(3)15-17-27)31(36)13-10-22-35(41(4,38)39)28-18-20-29(21-19-28)40-6-2/h7-9,11-12,14-21,30H,5-6,10,13,22-24H2,1-4H3,(H,33,37). The predicted octanol–water partition coefficient (Wildman–Crippen LogP) is 4.72. The van der Waals surface area contributed by atoms with Crippen molar-refractivity contribution in [2.45, 2.75) is 52.6 Å². The average Bonchev–Trinajstić information content (AvgIpc) is 2.94. The molecular weight excluding hydrogens is 538 g/mol. The minimum atomic E-state index is -3.59. The van der Waals surface area contributed by atoms with Crippen LogP contribution >= 0.6 is 0 Å². The molecule has 0 heterocycles. The SMILES string of the molecule is CCNC(=O)C(Cc1ccccc1)N(Cc1ccc(C)cc1)C(=O)CCCN(c1ccc(OCC)cc1)S(C)(=O)=O. The third-order valence-electron chi connectivity index (χ3n) is 6.68. The fourth-order valence-corrected chi connectivity index (χ4v) is 5.58. The molecule has 0 aliphatic carbocycles. The Morgan fingerprint density at radius 2 is 1.56 bits per heavy atom. The zero-order valence-corrected chi connectivity index (χ0v) is 25.2. The van der Waals surface area contributed by atoms with Gasteiger partial charge in [-0.1, -0.05) is 60.2 Å². The highest BCUT2D eigenvalue weighted by Crippen LogP contribution is 2.23. The molecule has 3 rings (SSSR count). The van der Waals surface area contributed by atoms with E-state index in [0.717, 1.165) is 22.9 Å². The summed E-state index contributed by atoms with van der Waals surface area (Å²) in [4.78, 5) is 28.7. The molecule has 8 nitrogen and oxygen atoms in total. The number of sulfonamides is 1. The van der Waals surface area contributed by atoms with Crippen molar-refractivity contribution in [1.82, 2.24) is 10.2 Å². The van der Waals surface area contributed by atoms with E-state index in [2.05, 4.69) is 5.32 Å². The molecule has 0 saturated carbocycles. The van der Waals surface area contributed by atoms with Gasteiger partial charge in [-0.3, -0.25) is 13.9 Å². The lowest BCUT2D eigenvalue weighted by molar-refractivity contribution is -0.141. The summed E-state index contributed by atoms with van der Waals surface area (Å²) in [5.74, 6) is 0.225. The quantitative estimate of drug-likeness (QED) is 0.281.